The van der Waals surface area contributed by atoms with E-state index < -0.39 is 11.6 Å². The Morgan fingerprint density at radius 2 is 2.00 bits per heavy atom. The van der Waals surface area contributed by atoms with Crippen molar-refractivity contribution in [3.8, 4) is 11.3 Å². The van der Waals surface area contributed by atoms with Gasteiger partial charge in [0.25, 0.3) is 0 Å². The van der Waals surface area contributed by atoms with Crippen LogP contribution in [0, 0.1) is 17.6 Å². The highest BCUT2D eigenvalue weighted by atomic mass is 32.1. The molecule has 2 aromatic rings. The number of anilines is 1. The number of amides is 2. The van der Waals surface area contributed by atoms with Crippen molar-refractivity contribution in [2.75, 3.05) is 11.9 Å². The third-order valence-corrected chi connectivity index (χ3v) is 6.00. The summed E-state index contributed by atoms with van der Waals surface area (Å²) in [6, 6.07) is 3.83. The summed E-state index contributed by atoms with van der Waals surface area (Å²) >= 11 is 1.21. The molecule has 1 saturated heterocycles. The van der Waals surface area contributed by atoms with E-state index in [1.165, 1.54) is 17.4 Å². The van der Waals surface area contributed by atoms with E-state index in [1.807, 2.05) is 4.90 Å². The quantitative estimate of drug-likeness (QED) is 0.862. The second-order valence-electron chi connectivity index (χ2n) is 7.04. The zero-order valence-electron chi connectivity index (χ0n) is 14.6. The maximum Gasteiger partial charge on any atom is 0.231 e. The minimum absolute atomic E-state index is 0.0451. The number of nitrogens with zero attached hydrogens (tertiary/aromatic N) is 2. The average Bonchev–Trinajstić information content (AvgIpc) is 3.37. The predicted molar refractivity (Wildman–Crippen MR) is 98.2 cm³/mol. The largest absolute Gasteiger partial charge is 0.339 e. The first-order chi connectivity index (χ1) is 13.0. The van der Waals surface area contributed by atoms with E-state index in [2.05, 4.69) is 10.3 Å². The number of nitrogens with one attached hydrogen (secondary N) is 1. The summed E-state index contributed by atoms with van der Waals surface area (Å²) in [5, 5.41) is 4.81. The lowest BCUT2D eigenvalue weighted by Gasteiger charge is -2.23. The molecule has 1 aromatic carbocycles. The number of aromatic nitrogens is 1. The number of rotatable bonds is 4. The normalized spacial score (nSPS) is 20.4. The first kappa shape index (κ1) is 18.0. The number of carbonyl (C=O) groups is 2. The summed E-state index contributed by atoms with van der Waals surface area (Å²) in [5.74, 6) is -2.42. The molecule has 8 heteroatoms. The molecule has 2 aliphatic rings. The number of hydrogen-bond acceptors (Lipinski definition) is 4. The molecule has 27 heavy (non-hydrogen) atoms. The number of halogens is 2. The van der Waals surface area contributed by atoms with Gasteiger partial charge in [-0.15, -0.1) is 11.3 Å². The molecule has 1 aromatic heterocycles. The Hall–Kier alpha value is -2.35. The van der Waals surface area contributed by atoms with Crippen molar-refractivity contribution in [3.05, 3.63) is 35.2 Å². The van der Waals surface area contributed by atoms with Crippen LogP contribution in [0.1, 0.15) is 32.1 Å². The number of hydrogen-bond donors (Lipinski definition) is 1. The van der Waals surface area contributed by atoms with Crippen molar-refractivity contribution < 1.29 is 18.4 Å². The van der Waals surface area contributed by atoms with E-state index in [9.17, 15) is 18.4 Å². The van der Waals surface area contributed by atoms with Gasteiger partial charge in [0.15, 0.2) is 16.8 Å². The fraction of sp³-hybridized carbons (Fsp3) is 0.421. The van der Waals surface area contributed by atoms with Gasteiger partial charge >= 0.3 is 0 Å². The van der Waals surface area contributed by atoms with Crippen molar-refractivity contribution in [1.82, 2.24) is 9.88 Å². The van der Waals surface area contributed by atoms with Crippen molar-refractivity contribution >= 4 is 28.3 Å². The van der Waals surface area contributed by atoms with Crippen LogP contribution in [0.4, 0.5) is 13.9 Å². The minimum Gasteiger partial charge on any atom is -0.339 e. The topological polar surface area (TPSA) is 62.3 Å². The van der Waals surface area contributed by atoms with E-state index in [0.717, 1.165) is 37.8 Å². The third-order valence-electron chi connectivity index (χ3n) is 5.24. The highest BCUT2D eigenvalue weighted by molar-refractivity contribution is 7.14. The second kappa shape index (κ2) is 7.34. The molecule has 1 aliphatic carbocycles. The van der Waals surface area contributed by atoms with Gasteiger partial charge < -0.3 is 10.2 Å². The van der Waals surface area contributed by atoms with Crippen LogP contribution in [0.2, 0.25) is 0 Å². The molecule has 0 unspecified atom stereocenters. The van der Waals surface area contributed by atoms with Crippen LogP contribution in [0.25, 0.3) is 11.3 Å². The van der Waals surface area contributed by atoms with E-state index in [1.54, 1.807) is 5.38 Å². The lowest BCUT2D eigenvalue weighted by atomic mass is 10.1. The molecule has 2 amide bonds. The summed E-state index contributed by atoms with van der Waals surface area (Å²) in [6.07, 6.45) is 4.53. The molecule has 1 aliphatic heterocycles. The molecule has 1 saturated carbocycles. The van der Waals surface area contributed by atoms with Gasteiger partial charge in [-0.25, -0.2) is 13.8 Å². The minimum atomic E-state index is -0.942. The molecular formula is C19H19F2N3O2S. The monoisotopic (exact) mass is 391 g/mol. The smallest absolute Gasteiger partial charge is 0.231 e. The third kappa shape index (κ3) is 3.71. The zero-order valence-corrected chi connectivity index (χ0v) is 15.4. The highest BCUT2D eigenvalue weighted by Crippen LogP contribution is 2.31. The molecule has 142 valence electrons. The standard InChI is InChI=1S/C19H19F2N3O2S/c20-14-6-5-11(7-15(14)21)16-10-27-19(22-16)23-18(26)12-8-17(25)24(9-12)13-3-1-2-4-13/h5-7,10,12-13H,1-4,8-9H2,(H,22,23,26)/t12-/m0/s1. The first-order valence-electron chi connectivity index (χ1n) is 9.02. The van der Waals surface area contributed by atoms with E-state index in [-0.39, 0.29) is 30.2 Å². The van der Waals surface area contributed by atoms with E-state index in [0.29, 0.717) is 22.9 Å². The van der Waals surface area contributed by atoms with Gasteiger partial charge in [-0.3, -0.25) is 9.59 Å². The van der Waals surface area contributed by atoms with Crippen LogP contribution in [-0.4, -0.2) is 34.3 Å². The molecular weight excluding hydrogens is 372 g/mol. The Balaban J connectivity index is 1.41. The van der Waals surface area contributed by atoms with Gasteiger partial charge in [-0.05, 0) is 31.0 Å². The number of carbonyl (C=O) groups excluding carboxylic acids is 2. The Morgan fingerprint density at radius 3 is 2.74 bits per heavy atom. The average molecular weight is 391 g/mol. The molecule has 4 rings (SSSR count). The molecule has 0 radical (unpaired) electrons. The zero-order chi connectivity index (χ0) is 19.0. The van der Waals surface area contributed by atoms with Crippen LogP contribution in [0.5, 0.6) is 0 Å². The number of thiazole rings is 1. The fourth-order valence-electron chi connectivity index (χ4n) is 3.80. The van der Waals surface area contributed by atoms with Crippen LogP contribution < -0.4 is 5.32 Å². The Morgan fingerprint density at radius 1 is 1.22 bits per heavy atom. The summed E-state index contributed by atoms with van der Waals surface area (Å²) in [4.78, 5) is 30.9. The fourth-order valence-corrected chi connectivity index (χ4v) is 4.53. The van der Waals surface area contributed by atoms with Gasteiger partial charge in [0.2, 0.25) is 11.8 Å². The van der Waals surface area contributed by atoms with Crippen molar-refractivity contribution in [2.45, 2.75) is 38.1 Å². The van der Waals surface area contributed by atoms with Gasteiger partial charge in [0.1, 0.15) is 0 Å². The molecule has 2 fully saturated rings. The second-order valence-corrected chi connectivity index (χ2v) is 7.90. The predicted octanol–water partition coefficient (Wildman–Crippen LogP) is 3.82. The molecule has 5 nitrogen and oxygen atoms in total. The summed E-state index contributed by atoms with van der Waals surface area (Å²) in [7, 11) is 0. The molecule has 2 heterocycles. The Bertz CT molecular complexity index is 880. The van der Waals surface area contributed by atoms with Gasteiger partial charge in [0.05, 0.1) is 11.6 Å². The van der Waals surface area contributed by atoms with Crippen molar-refractivity contribution in [3.63, 3.8) is 0 Å². The van der Waals surface area contributed by atoms with Crippen LogP contribution in [0.3, 0.4) is 0 Å². The number of likely N-dealkylation sites (tertiary alicyclic amines) is 1. The SMILES string of the molecule is O=C(Nc1nc(-c2ccc(F)c(F)c2)cs1)[C@H]1CC(=O)N(C2CCCC2)C1. The summed E-state index contributed by atoms with van der Waals surface area (Å²) in [5.41, 5.74) is 0.901. The lowest BCUT2D eigenvalue weighted by Crippen LogP contribution is -2.35. The van der Waals surface area contributed by atoms with Gasteiger partial charge in [0, 0.05) is 30.0 Å². The Labute approximate surface area is 159 Å². The molecule has 1 N–H and O–H groups in total. The molecule has 1 atom stereocenters. The first-order valence-corrected chi connectivity index (χ1v) is 9.90. The van der Waals surface area contributed by atoms with Crippen LogP contribution in [0.15, 0.2) is 23.6 Å². The van der Waals surface area contributed by atoms with Crippen molar-refractivity contribution in [2.24, 2.45) is 5.92 Å². The van der Waals surface area contributed by atoms with Crippen LogP contribution in [-0.2, 0) is 9.59 Å². The summed E-state index contributed by atoms with van der Waals surface area (Å²) in [6.45, 7) is 0.455. The van der Waals surface area contributed by atoms with Crippen LogP contribution >= 0.6 is 11.3 Å². The van der Waals surface area contributed by atoms with Gasteiger partial charge in [-0.2, -0.15) is 0 Å². The van der Waals surface area contributed by atoms with E-state index >= 15 is 0 Å². The van der Waals surface area contributed by atoms with Gasteiger partial charge in [-0.1, -0.05) is 12.8 Å². The van der Waals surface area contributed by atoms with Crippen molar-refractivity contribution in [1.29, 1.82) is 0 Å². The molecule has 0 spiro atoms. The highest BCUT2D eigenvalue weighted by Gasteiger charge is 2.38. The Kier molecular flexibility index (Phi) is 4.90. The summed E-state index contributed by atoms with van der Waals surface area (Å²) < 4.78 is 26.4. The molecule has 0 bridgehead atoms. The van der Waals surface area contributed by atoms with E-state index in [4.69, 9.17) is 0 Å². The maximum atomic E-state index is 13.4. The number of benzene rings is 1. The lowest BCUT2D eigenvalue weighted by molar-refractivity contribution is -0.129. The maximum absolute atomic E-state index is 13.4.